The summed E-state index contributed by atoms with van der Waals surface area (Å²) in [7, 11) is 0. The van der Waals surface area contributed by atoms with Crippen molar-refractivity contribution in [2.24, 2.45) is 0 Å². The van der Waals surface area contributed by atoms with Crippen LogP contribution in [-0.2, 0) is 0 Å². The lowest BCUT2D eigenvalue weighted by Gasteiger charge is -1.51. The van der Waals surface area contributed by atoms with Gasteiger partial charge >= 0.3 is 5.76 Å². The number of furan rings is 1. The van der Waals surface area contributed by atoms with Crippen molar-refractivity contribution in [3.8, 4) is 0 Å². The normalized spacial score (nSPS) is 7.67. The SMILES string of the molecule is N.O=c1[nH]cco1.c1ccoc1. The van der Waals surface area contributed by atoms with Gasteiger partial charge in [-0.2, -0.15) is 0 Å². The van der Waals surface area contributed by atoms with Crippen LogP contribution in [0.2, 0.25) is 0 Å². The van der Waals surface area contributed by atoms with E-state index in [0.29, 0.717) is 0 Å². The van der Waals surface area contributed by atoms with E-state index < -0.39 is 5.76 Å². The van der Waals surface area contributed by atoms with Gasteiger partial charge in [0.25, 0.3) is 0 Å². The number of hydrogen-bond donors (Lipinski definition) is 2. The van der Waals surface area contributed by atoms with Gasteiger partial charge in [-0.3, -0.25) is 4.98 Å². The molecule has 2 heterocycles. The Kier molecular flexibility index (Phi) is 5.12. The van der Waals surface area contributed by atoms with Gasteiger partial charge in [0.1, 0.15) is 6.26 Å². The smallest absolute Gasteiger partial charge is 0.416 e. The highest BCUT2D eigenvalue weighted by atomic mass is 16.4. The van der Waals surface area contributed by atoms with Crippen LogP contribution >= 0.6 is 0 Å². The van der Waals surface area contributed by atoms with Gasteiger partial charge in [-0.25, -0.2) is 4.79 Å². The Balaban J connectivity index is 0.000000189. The average Bonchev–Trinajstić information content (AvgIpc) is 2.57. The lowest BCUT2D eigenvalue weighted by Crippen LogP contribution is -1.91. The first-order valence-corrected chi connectivity index (χ1v) is 2.99. The Hall–Kier alpha value is -1.75. The maximum Gasteiger partial charge on any atom is 0.416 e. The fourth-order valence-corrected chi connectivity index (χ4v) is 0.459. The zero-order valence-electron chi connectivity index (χ0n) is 6.40. The summed E-state index contributed by atoms with van der Waals surface area (Å²) in [6, 6.07) is 3.67. The summed E-state index contributed by atoms with van der Waals surface area (Å²) < 4.78 is 8.81. The number of H-pyrrole nitrogens is 1. The number of aromatic nitrogens is 1. The molecule has 0 fully saturated rings. The van der Waals surface area contributed by atoms with Crippen LogP contribution in [0.15, 0.2) is 50.7 Å². The molecule has 4 N–H and O–H groups in total. The first kappa shape index (κ1) is 10.2. The van der Waals surface area contributed by atoms with Gasteiger partial charge in [0.2, 0.25) is 0 Å². The predicted molar refractivity (Wildman–Crippen MR) is 43.1 cm³/mol. The fraction of sp³-hybridized carbons (Fsp3) is 0. The minimum Gasteiger partial charge on any atom is -0.473 e. The van der Waals surface area contributed by atoms with Crippen LogP contribution in [0.25, 0.3) is 0 Å². The summed E-state index contributed by atoms with van der Waals surface area (Å²) in [5, 5.41) is 0. The number of nitrogens with one attached hydrogen (secondary N) is 1. The third kappa shape index (κ3) is 4.13. The van der Waals surface area contributed by atoms with Gasteiger partial charge in [0.05, 0.1) is 12.5 Å². The summed E-state index contributed by atoms with van der Waals surface area (Å²) in [6.07, 6.45) is 5.98. The monoisotopic (exact) mass is 170 g/mol. The number of aromatic amines is 1. The van der Waals surface area contributed by atoms with Crippen LogP contribution in [0.5, 0.6) is 0 Å². The van der Waals surface area contributed by atoms with Gasteiger partial charge in [0, 0.05) is 6.20 Å². The number of oxazole rings is 1. The molecule has 2 aromatic rings. The van der Waals surface area contributed by atoms with Gasteiger partial charge < -0.3 is 15.0 Å². The quantitative estimate of drug-likeness (QED) is 0.624. The molecule has 5 nitrogen and oxygen atoms in total. The van der Waals surface area contributed by atoms with Crippen molar-refractivity contribution >= 4 is 0 Å². The van der Waals surface area contributed by atoms with Crippen LogP contribution in [0.3, 0.4) is 0 Å². The highest BCUT2D eigenvalue weighted by Crippen LogP contribution is 1.79. The number of hydrogen-bond acceptors (Lipinski definition) is 4. The van der Waals surface area contributed by atoms with Gasteiger partial charge in [-0.1, -0.05) is 0 Å². The molecule has 0 aliphatic carbocycles. The summed E-state index contributed by atoms with van der Waals surface area (Å²) in [4.78, 5) is 12.1. The van der Waals surface area contributed by atoms with Crippen LogP contribution in [0.4, 0.5) is 0 Å². The largest absolute Gasteiger partial charge is 0.473 e. The van der Waals surface area contributed by atoms with E-state index in [2.05, 4.69) is 13.8 Å². The minimum atomic E-state index is -0.407. The third-order valence-corrected chi connectivity index (χ3v) is 0.870. The summed E-state index contributed by atoms with van der Waals surface area (Å²) in [5.74, 6) is -0.407. The molecule has 0 spiro atoms. The zero-order valence-corrected chi connectivity index (χ0v) is 6.40. The Morgan fingerprint density at radius 3 is 2.00 bits per heavy atom. The molecule has 0 saturated heterocycles. The van der Waals surface area contributed by atoms with Crippen molar-refractivity contribution in [1.82, 2.24) is 11.1 Å². The molecular weight excluding hydrogens is 160 g/mol. The summed E-state index contributed by atoms with van der Waals surface area (Å²) in [6.45, 7) is 0. The van der Waals surface area contributed by atoms with Gasteiger partial charge in [-0.15, -0.1) is 0 Å². The van der Waals surface area contributed by atoms with Gasteiger partial charge in [0.15, 0.2) is 0 Å². The fourth-order valence-electron chi connectivity index (χ4n) is 0.459. The molecule has 5 heteroatoms. The van der Waals surface area contributed by atoms with Crippen molar-refractivity contribution in [3.63, 3.8) is 0 Å². The highest BCUT2D eigenvalue weighted by Gasteiger charge is 1.72. The predicted octanol–water partition coefficient (Wildman–Crippen LogP) is 1.41. The van der Waals surface area contributed by atoms with Crippen molar-refractivity contribution < 1.29 is 8.83 Å². The van der Waals surface area contributed by atoms with Crippen molar-refractivity contribution in [2.45, 2.75) is 0 Å². The van der Waals surface area contributed by atoms with E-state index in [9.17, 15) is 4.79 Å². The van der Waals surface area contributed by atoms with E-state index in [0.717, 1.165) is 0 Å². The van der Waals surface area contributed by atoms with E-state index in [1.54, 1.807) is 12.5 Å². The second kappa shape index (κ2) is 5.99. The molecule has 0 radical (unpaired) electrons. The second-order valence-corrected chi connectivity index (χ2v) is 1.65. The average molecular weight is 170 g/mol. The molecule has 2 aromatic heterocycles. The molecule has 0 aromatic carbocycles. The molecule has 0 aliphatic rings. The van der Waals surface area contributed by atoms with Crippen molar-refractivity contribution in [1.29, 1.82) is 0 Å². The van der Waals surface area contributed by atoms with Crippen molar-refractivity contribution in [3.05, 3.63) is 47.7 Å². The van der Waals surface area contributed by atoms with Crippen LogP contribution in [0.1, 0.15) is 0 Å². The Labute approximate surface area is 68.6 Å². The first-order valence-electron chi connectivity index (χ1n) is 2.99. The van der Waals surface area contributed by atoms with Crippen LogP contribution in [0, 0.1) is 0 Å². The zero-order chi connectivity index (χ0) is 7.94. The third-order valence-electron chi connectivity index (χ3n) is 0.870. The maximum atomic E-state index is 9.85. The van der Waals surface area contributed by atoms with Crippen LogP contribution in [-0.4, -0.2) is 4.98 Å². The molecule has 12 heavy (non-hydrogen) atoms. The Morgan fingerprint density at radius 2 is 1.83 bits per heavy atom. The molecule has 0 amide bonds. The molecule has 66 valence electrons. The van der Waals surface area contributed by atoms with E-state index in [1.165, 1.54) is 12.5 Å². The van der Waals surface area contributed by atoms with E-state index >= 15 is 0 Å². The van der Waals surface area contributed by atoms with E-state index in [1.807, 2.05) is 12.1 Å². The Bertz CT molecular complexity index is 275. The Morgan fingerprint density at radius 1 is 1.17 bits per heavy atom. The highest BCUT2D eigenvalue weighted by molar-refractivity contribution is 4.79. The maximum absolute atomic E-state index is 9.85. The molecule has 0 bridgehead atoms. The second-order valence-electron chi connectivity index (χ2n) is 1.65. The minimum absolute atomic E-state index is 0. The molecule has 0 saturated carbocycles. The lowest BCUT2D eigenvalue weighted by atomic mass is 10.7. The first-order chi connectivity index (χ1) is 5.39. The van der Waals surface area contributed by atoms with Gasteiger partial charge in [-0.05, 0) is 12.1 Å². The van der Waals surface area contributed by atoms with Crippen molar-refractivity contribution in [2.75, 3.05) is 0 Å². The molecule has 2 rings (SSSR count). The lowest BCUT2D eigenvalue weighted by molar-refractivity contribution is 0.515. The molecule has 0 unspecified atom stereocenters. The van der Waals surface area contributed by atoms with E-state index in [-0.39, 0.29) is 6.15 Å². The molecule has 0 atom stereocenters. The van der Waals surface area contributed by atoms with Crippen LogP contribution < -0.4 is 11.9 Å². The summed E-state index contributed by atoms with van der Waals surface area (Å²) in [5.41, 5.74) is 0. The standard InChI is InChI=1S/C4H4O.C3H3NO2.H3N/c1-2-4-5-3-1;5-3-4-1-2-6-3;/h1-4H;1-2H,(H,4,5);1H3. The summed E-state index contributed by atoms with van der Waals surface area (Å²) >= 11 is 0. The topological polar surface area (TPSA) is 94.1 Å². The molecular formula is C7H10N2O3. The van der Waals surface area contributed by atoms with E-state index in [4.69, 9.17) is 0 Å². The number of rotatable bonds is 0. The molecule has 0 aliphatic heterocycles.